The minimum absolute atomic E-state index is 0.00989. The maximum Gasteiger partial charge on any atom is 0.0712 e. The highest BCUT2D eigenvalue weighted by atomic mass is 32.1. The predicted molar refractivity (Wildman–Crippen MR) is 174 cm³/mol. The fraction of sp³-hybridized carbons (Fsp3) is 0.351. The van der Waals surface area contributed by atoms with Crippen LogP contribution in [0.2, 0.25) is 0 Å². The van der Waals surface area contributed by atoms with Gasteiger partial charge in [0.25, 0.3) is 0 Å². The molecule has 1 aliphatic rings. The highest BCUT2D eigenvalue weighted by Crippen LogP contribution is 2.47. The molecule has 2 nitrogen and oxygen atoms in total. The smallest absolute Gasteiger partial charge is 0.0712 e. The van der Waals surface area contributed by atoms with E-state index in [2.05, 4.69) is 116 Å². The maximum atomic E-state index is 5.39. The molecule has 0 saturated heterocycles. The average molecular weight is 545 g/mol. The van der Waals surface area contributed by atoms with Crippen molar-refractivity contribution in [2.24, 2.45) is 5.92 Å². The van der Waals surface area contributed by atoms with Crippen LogP contribution in [0.5, 0.6) is 0 Å². The van der Waals surface area contributed by atoms with Gasteiger partial charge in [-0.3, -0.25) is 9.97 Å². The standard InChI is InChI=1S/C37H40N2S/c1-21(2)14-28-23(4)40-33-17-24(10-11-27(28)33)29-18-32(39-35-34(29)22(3)19-37(35,8)9)26-15-25-12-13-38-20-30(25)31(16-26)36(5,6)7/h10-13,15-21H,14H2,1-9H3. The van der Waals surface area contributed by atoms with Gasteiger partial charge in [0.15, 0.2) is 0 Å². The summed E-state index contributed by atoms with van der Waals surface area (Å²) < 4.78 is 1.38. The number of allylic oxidation sites excluding steroid dienone is 2. The average Bonchev–Trinajstić information content (AvgIpc) is 3.32. The van der Waals surface area contributed by atoms with Crippen molar-refractivity contribution in [2.45, 2.75) is 79.6 Å². The molecule has 0 amide bonds. The van der Waals surface area contributed by atoms with Crippen LogP contribution in [0.25, 0.3) is 48.8 Å². The molecule has 0 bridgehead atoms. The van der Waals surface area contributed by atoms with E-state index in [0.29, 0.717) is 5.92 Å². The van der Waals surface area contributed by atoms with Gasteiger partial charge in [-0.05, 0) is 101 Å². The second-order valence-corrected chi connectivity index (χ2v) is 14.9. The van der Waals surface area contributed by atoms with Crippen molar-refractivity contribution in [1.29, 1.82) is 0 Å². The first-order valence-corrected chi connectivity index (χ1v) is 15.3. The van der Waals surface area contributed by atoms with Gasteiger partial charge in [-0.2, -0.15) is 0 Å². The lowest BCUT2D eigenvalue weighted by Crippen LogP contribution is -2.15. The van der Waals surface area contributed by atoms with Crippen molar-refractivity contribution < 1.29 is 0 Å². The molecule has 0 fully saturated rings. The van der Waals surface area contributed by atoms with Gasteiger partial charge in [0.05, 0.1) is 11.4 Å². The summed E-state index contributed by atoms with van der Waals surface area (Å²) in [6.07, 6.45) is 7.41. The van der Waals surface area contributed by atoms with Crippen molar-refractivity contribution in [3.05, 3.63) is 88.2 Å². The van der Waals surface area contributed by atoms with E-state index < -0.39 is 0 Å². The van der Waals surface area contributed by atoms with Crippen LogP contribution >= 0.6 is 11.3 Å². The van der Waals surface area contributed by atoms with E-state index in [-0.39, 0.29) is 10.8 Å². The summed E-state index contributed by atoms with van der Waals surface area (Å²) in [5.41, 5.74) is 11.2. The maximum absolute atomic E-state index is 5.39. The molecule has 2 aromatic carbocycles. The quantitative estimate of drug-likeness (QED) is 0.225. The molecule has 204 valence electrons. The molecule has 6 rings (SSSR count). The van der Waals surface area contributed by atoms with E-state index in [4.69, 9.17) is 4.98 Å². The van der Waals surface area contributed by atoms with E-state index in [1.54, 1.807) is 0 Å². The summed E-state index contributed by atoms with van der Waals surface area (Å²) in [6.45, 7) is 20.6. The number of hydrogen-bond donors (Lipinski definition) is 0. The summed E-state index contributed by atoms with van der Waals surface area (Å²) >= 11 is 1.93. The normalized spacial score (nSPS) is 14.8. The Bertz CT molecular complexity index is 1830. The van der Waals surface area contributed by atoms with E-state index >= 15 is 0 Å². The summed E-state index contributed by atoms with van der Waals surface area (Å²) in [5, 5.41) is 3.84. The SMILES string of the molecule is CC1=CC(C)(C)c2nc(-c3cc(C(C)(C)C)c4cnccc4c3)cc(-c3ccc4c(CC(C)C)c(C)sc4c3)c21. The van der Waals surface area contributed by atoms with Crippen molar-refractivity contribution in [1.82, 2.24) is 9.97 Å². The summed E-state index contributed by atoms with van der Waals surface area (Å²) in [7, 11) is 0. The Balaban J connectivity index is 1.60. The minimum Gasteiger partial charge on any atom is -0.264 e. The number of rotatable bonds is 4. The molecule has 0 N–H and O–H groups in total. The van der Waals surface area contributed by atoms with Crippen LogP contribution in [0.15, 0.2) is 60.9 Å². The molecule has 0 spiro atoms. The van der Waals surface area contributed by atoms with E-state index in [0.717, 1.165) is 12.1 Å². The molecule has 1 aliphatic carbocycles. The Kier molecular flexibility index (Phi) is 6.31. The zero-order valence-corrected chi connectivity index (χ0v) is 26.2. The van der Waals surface area contributed by atoms with Crippen LogP contribution in [0.1, 0.15) is 82.7 Å². The third kappa shape index (κ3) is 4.49. The summed E-state index contributed by atoms with van der Waals surface area (Å²) in [5.74, 6) is 0.646. The molecule has 0 aliphatic heterocycles. The van der Waals surface area contributed by atoms with Crippen molar-refractivity contribution in [3.63, 3.8) is 0 Å². The third-order valence-corrected chi connectivity index (χ3v) is 9.49. The first-order chi connectivity index (χ1) is 18.8. The predicted octanol–water partition coefficient (Wildman–Crippen LogP) is 10.7. The number of aryl methyl sites for hydroxylation is 1. The lowest BCUT2D eigenvalue weighted by Gasteiger charge is -2.24. The van der Waals surface area contributed by atoms with Gasteiger partial charge >= 0.3 is 0 Å². The number of hydrogen-bond acceptors (Lipinski definition) is 3. The molecular weight excluding hydrogens is 504 g/mol. The molecule has 3 aromatic heterocycles. The Morgan fingerprint density at radius 3 is 2.42 bits per heavy atom. The molecular formula is C37H40N2S. The molecule has 0 atom stereocenters. The minimum atomic E-state index is -0.119. The Morgan fingerprint density at radius 1 is 0.925 bits per heavy atom. The van der Waals surface area contributed by atoms with Crippen LogP contribution in [0, 0.1) is 12.8 Å². The van der Waals surface area contributed by atoms with Crippen LogP contribution < -0.4 is 0 Å². The first-order valence-electron chi connectivity index (χ1n) is 14.5. The number of thiophene rings is 1. The third-order valence-electron chi connectivity index (χ3n) is 8.38. The van der Waals surface area contributed by atoms with Crippen molar-refractivity contribution in [3.8, 4) is 22.4 Å². The Labute approximate surface area is 243 Å². The highest BCUT2D eigenvalue weighted by molar-refractivity contribution is 7.19. The van der Waals surface area contributed by atoms with E-state index in [1.807, 2.05) is 23.7 Å². The lowest BCUT2D eigenvalue weighted by atomic mass is 9.82. The Morgan fingerprint density at radius 2 is 1.70 bits per heavy atom. The van der Waals surface area contributed by atoms with Gasteiger partial charge in [0.1, 0.15) is 0 Å². The number of pyridine rings is 2. The van der Waals surface area contributed by atoms with Gasteiger partial charge in [-0.15, -0.1) is 11.3 Å². The largest absolute Gasteiger partial charge is 0.264 e. The van der Waals surface area contributed by atoms with Crippen molar-refractivity contribution >= 4 is 37.8 Å². The summed E-state index contributed by atoms with van der Waals surface area (Å²) in [4.78, 5) is 11.3. The van der Waals surface area contributed by atoms with Crippen LogP contribution in [0.3, 0.4) is 0 Å². The van der Waals surface area contributed by atoms with E-state index in [9.17, 15) is 0 Å². The fourth-order valence-corrected chi connectivity index (χ4v) is 7.67. The molecule has 40 heavy (non-hydrogen) atoms. The second kappa shape index (κ2) is 9.38. The number of aromatic nitrogens is 2. The van der Waals surface area contributed by atoms with Crippen LogP contribution in [0.4, 0.5) is 0 Å². The zero-order chi connectivity index (χ0) is 28.6. The molecule has 0 radical (unpaired) electrons. The van der Waals surface area contributed by atoms with E-state index in [1.165, 1.54) is 70.4 Å². The fourth-order valence-electron chi connectivity index (χ4n) is 6.54. The molecule has 3 heterocycles. The highest BCUT2D eigenvalue weighted by Gasteiger charge is 2.33. The molecule has 0 saturated carbocycles. The van der Waals surface area contributed by atoms with Crippen molar-refractivity contribution in [2.75, 3.05) is 0 Å². The first kappa shape index (κ1) is 26.9. The molecule has 5 aromatic rings. The topological polar surface area (TPSA) is 25.8 Å². The number of fused-ring (bicyclic) bond motifs is 3. The molecule has 3 heteroatoms. The number of benzene rings is 2. The van der Waals surface area contributed by atoms with Crippen LogP contribution in [-0.2, 0) is 17.3 Å². The second-order valence-electron chi connectivity index (χ2n) is 13.6. The zero-order valence-electron chi connectivity index (χ0n) is 25.4. The summed E-state index contributed by atoms with van der Waals surface area (Å²) in [6, 6.07) is 16.2. The molecule has 0 unspecified atom stereocenters. The monoisotopic (exact) mass is 544 g/mol. The van der Waals surface area contributed by atoms with Crippen LogP contribution in [-0.4, -0.2) is 9.97 Å². The number of nitrogens with zero attached hydrogens (tertiary/aromatic N) is 2. The van der Waals surface area contributed by atoms with Gasteiger partial charge in [-0.25, -0.2) is 0 Å². The van der Waals surface area contributed by atoms with Gasteiger partial charge < -0.3 is 0 Å². The van der Waals surface area contributed by atoms with Gasteiger partial charge in [-0.1, -0.05) is 66.7 Å². The Hall–Kier alpha value is -3.30. The van der Waals surface area contributed by atoms with Gasteiger partial charge in [0.2, 0.25) is 0 Å². The lowest BCUT2D eigenvalue weighted by molar-refractivity contribution is 0.596. The van der Waals surface area contributed by atoms with Gasteiger partial charge in [0, 0.05) is 43.9 Å².